The molecule has 1 aromatic rings. The molecule has 7 nitrogen and oxygen atoms in total. The number of carbonyl (C=O) groups excluding carboxylic acids is 1. The highest BCUT2D eigenvalue weighted by atomic mass is 16.6. The summed E-state index contributed by atoms with van der Waals surface area (Å²) in [6.07, 6.45) is 7.92. The zero-order chi connectivity index (χ0) is 21.8. The summed E-state index contributed by atoms with van der Waals surface area (Å²) < 4.78 is 24.0. The van der Waals surface area contributed by atoms with Gasteiger partial charge in [-0.1, -0.05) is 19.1 Å². The van der Waals surface area contributed by atoms with E-state index in [1.165, 1.54) is 11.3 Å². The van der Waals surface area contributed by atoms with E-state index in [9.17, 15) is 4.79 Å². The minimum absolute atomic E-state index is 0.0502. The highest BCUT2D eigenvalue weighted by Crippen LogP contribution is 2.69. The topological polar surface area (TPSA) is 60.5 Å². The van der Waals surface area contributed by atoms with Crippen LogP contribution in [0.5, 0.6) is 17.2 Å². The van der Waals surface area contributed by atoms with Gasteiger partial charge in [-0.05, 0) is 31.0 Å². The Bertz CT molecular complexity index is 1060. The van der Waals surface area contributed by atoms with Crippen molar-refractivity contribution < 1.29 is 23.7 Å². The van der Waals surface area contributed by atoms with Crippen molar-refractivity contribution >= 4 is 11.7 Å². The maximum atomic E-state index is 12.6. The molecule has 2 spiro atoms. The number of ether oxygens (including phenoxy) is 4. The van der Waals surface area contributed by atoms with Crippen molar-refractivity contribution in [3.05, 3.63) is 23.8 Å². The fourth-order valence-electron chi connectivity index (χ4n) is 8.26. The van der Waals surface area contributed by atoms with Crippen LogP contribution in [0.25, 0.3) is 0 Å². The van der Waals surface area contributed by atoms with Crippen LogP contribution in [0.1, 0.15) is 38.2 Å². The molecular weight excluding hydrogens is 408 g/mol. The lowest BCUT2D eigenvalue weighted by molar-refractivity contribution is -0.143. The van der Waals surface area contributed by atoms with E-state index in [2.05, 4.69) is 34.9 Å². The van der Waals surface area contributed by atoms with Crippen LogP contribution in [0, 0.1) is 5.41 Å². The molecule has 1 aromatic carbocycles. The standard InChI is InChI=1S/C25H30N2O5/c1-4-14-13-31-22-20-15(10-16(29-2)21(22)30-3)25-7-9-26-8-5-6-24(23(25)26)12-19(28)32-18(24)11-17(25)27(14)20/h5-6,10,14,17-18,23H,4,7-9,11-13H2,1-3H3/t14-,17-,18+,23-,24+,25-/m1/s1. The molecule has 5 aliphatic heterocycles. The van der Waals surface area contributed by atoms with Gasteiger partial charge in [-0.2, -0.15) is 0 Å². The number of benzene rings is 1. The highest BCUT2D eigenvalue weighted by molar-refractivity contribution is 5.82. The number of nitrogens with zero attached hydrogens (tertiary/aromatic N) is 2. The van der Waals surface area contributed by atoms with Crippen molar-refractivity contribution in [1.82, 2.24) is 4.90 Å². The van der Waals surface area contributed by atoms with Crippen molar-refractivity contribution in [2.75, 3.05) is 38.8 Å². The third-order valence-corrected chi connectivity index (χ3v) is 9.28. The van der Waals surface area contributed by atoms with Crippen LogP contribution in [-0.2, 0) is 14.9 Å². The van der Waals surface area contributed by atoms with E-state index in [1.54, 1.807) is 14.2 Å². The van der Waals surface area contributed by atoms with Crippen LogP contribution in [0.15, 0.2) is 18.2 Å². The predicted octanol–water partition coefficient (Wildman–Crippen LogP) is 2.65. The third-order valence-electron chi connectivity index (χ3n) is 9.28. The first-order valence-electron chi connectivity index (χ1n) is 11.9. The van der Waals surface area contributed by atoms with Crippen molar-refractivity contribution in [2.45, 2.75) is 62.3 Å². The number of hydrogen-bond donors (Lipinski definition) is 0. The van der Waals surface area contributed by atoms with E-state index in [4.69, 9.17) is 18.9 Å². The molecule has 7 heteroatoms. The number of methoxy groups -OCH3 is 2. The number of carbonyl (C=O) groups is 1. The van der Waals surface area contributed by atoms with Gasteiger partial charge < -0.3 is 23.8 Å². The minimum atomic E-state index is -0.250. The van der Waals surface area contributed by atoms with Gasteiger partial charge in [-0.15, -0.1) is 0 Å². The Labute approximate surface area is 188 Å². The molecule has 0 bridgehead atoms. The zero-order valence-electron chi connectivity index (χ0n) is 18.9. The second-order valence-corrected chi connectivity index (χ2v) is 10.2. The summed E-state index contributed by atoms with van der Waals surface area (Å²) in [7, 11) is 3.38. The lowest BCUT2D eigenvalue weighted by Crippen LogP contribution is -2.68. The van der Waals surface area contributed by atoms with Gasteiger partial charge >= 0.3 is 5.97 Å². The Morgan fingerprint density at radius 3 is 2.94 bits per heavy atom. The van der Waals surface area contributed by atoms with Crippen LogP contribution in [0.2, 0.25) is 0 Å². The van der Waals surface area contributed by atoms with Gasteiger partial charge in [-0.3, -0.25) is 9.69 Å². The normalized spacial score (nSPS) is 40.2. The van der Waals surface area contributed by atoms with Crippen LogP contribution >= 0.6 is 0 Å². The molecule has 3 fully saturated rings. The maximum absolute atomic E-state index is 12.6. The van der Waals surface area contributed by atoms with Crippen molar-refractivity contribution in [3.63, 3.8) is 0 Å². The number of fused-ring (bicyclic) bond motifs is 1. The minimum Gasteiger partial charge on any atom is -0.493 e. The summed E-state index contributed by atoms with van der Waals surface area (Å²) >= 11 is 0. The fourth-order valence-corrected chi connectivity index (χ4v) is 8.26. The van der Waals surface area contributed by atoms with E-state index >= 15 is 0 Å². The number of rotatable bonds is 3. The number of anilines is 1. The van der Waals surface area contributed by atoms with Crippen LogP contribution in [0.4, 0.5) is 5.69 Å². The number of hydrogen-bond acceptors (Lipinski definition) is 7. The second-order valence-electron chi connectivity index (χ2n) is 10.2. The van der Waals surface area contributed by atoms with Gasteiger partial charge in [0.2, 0.25) is 5.75 Å². The summed E-state index contributed by atoms with van der Waals surface area (Å²) in [6, 6.07) is 3.01. The molecule has 5 heterocycles. The van der Waals surface area contributed by atoms with Crippen LogP contribution < -0.4 is 19.1 Å². The smallest absolute Gasteiger partial charge is 0.307 e. The van der Waals surface area contributed by atoms with Crippen LogP contribution in [0.3, 0.4) is 0 Å². The van der Waals surface area contributed by atoms with E-state index in [-0.39, 0.29) is 35.0 Å². The quantitative estimate of drug-likeness (QED) is 0.531. The SMILES string of the molecule is CC[C@@H]1COc2c(OC)c(OC)cc3c2N1[C@@H]1C[C@@H]2OC(=O)C[C@@]24C=CCN2CC[C@@]31[C@H]24. The molecule has 0 aromatic heterocycles. The monoisotopic (exact) mass is 438 g/mol. The average molecular weight is 439 g/mol. The molecule has 2 saturated heterocycles. The average Bonchev–Trinajstić information content (AvgIpc) is 3.44. The van der Waals surface area contributed by atoms with E-state index < -0.39 is 0 Å². The Morgan fingerprint density at radius 1 is 1.28 bits per heavy atom. The molecule has 0 radical (unpaired) electrons. The number of esters is 1. The lowest BCUT2D eigenvalue weighted by atomic mass is 9.53. The molecule has 170 valence electrons. The molecule has 1 saturated carbocycles. The summed E-state index contributed by atoms with van der Waals surface area (Å²) in [5.41, 5.74) is 2.16. The Balaban J connectivity index is 1.53. The Hall–Kier alpha value is -2.41. The molecule has 0 amide bonds. The molecule has 1 aliphatic carbocycles. The highest BCUT2D eigenvalue weighted by Gasteiger charge is 2.74. The summed E-state index contributed by atoms with van der Waals surface area (Å²) in [5, 5.41) is 0. The van der Waals surface area contributed by atoms with Crippen molar-refractivity contribution in [1.29, 1.82) is 0 Å². The summed E-state index contributed by atoms with van der Waals surface area (Å²) in [5.74, 6) is 2.17. The zero-order valence-corrected chi connectivity index (χ0v) is 18.9. The third kappa shape index (κ3) is 1.93. The van der Waals surface area contributed by atoms with E-state index in [0.717, 1.165) is 43.9 Å². The molecule has 6 atom stereocenters. The lowest BCUT2D eigenvalue weighted by Gasteiger charge is -2.57. The van der Waals surface area contributed by atoms with Gasteiger partial charge in [-0.25, -0.2) is 0 Å². The van der Waals surface area contributed by atoms with E-state index in [0.29, 0.717) is 24.8 Å². The van der Waals surface area contributed by atoms with Gasteiger partial charge in [0.15, 0.2) is 11.5 Å². The molecule has 0 unspecified atom stereocenters. The predicted molar refractivity (Wildman–Crippen MR) is 118 cm³/mol. The molecule has 7 rings (SSSR count). The molecule has 0 N–H and O–H groups in total. The van der Waals surface area contributed by atoms with Gasteiger partial charge in [0.1, 0.15) is 12.7 Å². The van der Waals surface area contributed by atoms with E-state index in [1.807, 2.05) is 0 Å². The molecular formula is C25H30N2O5. The van der Waals surface area contributed by atoms with Crippen molar-refractivity contribution in [2.24, 2.45) is 5.41 Å². The molecule has 32 heavy (non-hydrogen) atoms. The second kappa shape index (κ2) is 6.13. The Kier molecular flexibility index (Phi) is 3.66. The molecule has 6 aliphatic rings. The van der Waals surface area contributed by atoms with Gasteiger partial charge in [0.05, 0.1) is 37.8 Å². The van der Waals surface area contributed by atoms with Crippen LogP contribution in [-0.4, -0.2) is 69.0 Å². The summed E-state index contributed by atoms with van der Waals surface area (Å²) in [6.45, 7) is 4.83. The first-order chi connectivity index (χ1) is 15.6. The first-order valence-corrected chi connectivity index (χ1v) is 11.9. The van der Waals surface area contributed by atoms with Gasteiger partial charge in [0.25, 0.3) is 0 Å². The Morgan fingerprint density at radius 2 is 2.16 bits per heavy atom. The first kappa shape index (κ1) is 19.1. The largest absolute Gasteiger partial charge is 0.493 e. The van der Waals surface area contributed by atoms with Gasteiger partial charge in [0, 0.05) is 30.5 Å². The maximum Gasteiger partial charge on any atom is 0.307 e. The van der Waals surface area contributed by atoms with Crippen molar-refractivity contribution in [3.8, 4) is 17.2 Å². The summed E-state index contributed by atoms with van der Waals surface area (Å²) in [4.78, 5) is 17.9. The fraction of sp³-hybridized carbons (Fsp3) is 0.640.